The van der Waals surface area contributed by atoms with Crippen LogP contribution in [-0.2, 0) is 6.42 Å². The van der Waals surface area contributed by atoms with E-state index < -0.39 is 5.63 Å². The molecule has 36 heavy (non-hydrogen) atoms. The molecule has 8 nitrogen and oxygen atoms in total. The molecule has 3 heterocycles. The Morgan fingerprint density at radius 3 is 2.50 bits per heavy atom. The first-order valence-electron chi connectivity index (χ1n) is 11.4. The molecule has 0 aliphatic heterocycles. The van der Waals surface area contributed by atoms with Crippen LogP contribution >= 0.6 is 11.3 Å². The molecular weight excluding hydrogens is 474 g/mol. The second kappa shape index (κ2) is 8.86. The number of nitrogens with one attached hydrogen (secondary N) is 1. The first-order valence-corrected chi connectivity index (χ1v) is 12.2. The zero-order valence-electron chi connectivity index (χ0n) is 19.1. The lowest BCUT2D eigenvalue weighted by Crippen LogP contribution is -2.11. The fourth-order valence-corrected chi connectivity index (χ4v) is 4.82. The van der Waals surface area contributed by atoms with Gasteiger partial charge in [0, 0.05) is 28.6 Å². The molecule has 3 aromatic heterocycles. The summed E-state index contributed by atoms with van der Waals surface area (Å²) in [5.74, 6) is 0.579. The van der Waals surface area contributed by atoms with Crippen LogP contribution in [0.4, 0.5) is 5.69 Å². The minimum Gasteiger partial charge on any atom is -0.422 e. The first-order chi connectivity index (χ1) is 17.6. The molecule has 1 N–H and O–H groups in total. The number of anilines is 1. The molecular formula is C27H19N5O3S. The van der Waals surface area contributed by atoms with Gasteiger partial charge in [0.1, 0.15) is 10.6 Å². The smallest absolute Gasteiger partial charge is 0.344 e. The van der Waals surface area contributed by atoms with E-state index in [1.165, 1.54) is 11.3 Å². The molecule has 0 saturated carbocycles. The van der Waals surface area contributed by atoms with Crippen LogP contribution in [0.2, 0.25) is 0 Å². The van der Waals surface area contributed by atoms with Gasteiger partial charge >= 0.3 is 5.63 Å². The number of benzene rings is 3. The predicted octanol–water partition coefficient (Wildman–Crippen LogP) is 5.44. The fourth-order valence-electron chi connectivity index (χ4n) is 3.96. The zero-order valence-corrected chi connectivity index (χ0v) is 20.0. The number of carbonyl (C=O) groups excluding carboxylic acids is 1. The number of carbonyl (C=O) groups is 1. The normalized spacial score (nSPS) is 11.2. The third-order valence-electron chi connectivity index (χ3n) is 5.86. The maximum absolute atomic E-state index is 12.8. The predicted molar refractivity (Wildman–Crippen MR) is 139 cm³/mol. The number of aryl methyl sites for hydroxylation is 1. The molecule has 3 aromatic carbocycles. The molecule has 0 spiro atoms. The Kier molecular flexibility index (Phi) is 5.38. The van der Waals surface area contributed by atoms with E-state index in [9.17, 15) is 9.59 Å². The lowest BCUT2D eigenvalue weighted by atomic mass is 10.0. The SMILES string of the molecule is CCc1nnc2sc(-c3ccc(NC(=O)c4ccc(-c5cc6ccccc6oc5=O)cc4)cc3)nn12. The standard InChI is InChI=1S/C27H19N5O3S/c1-2-23-29-30-27-32(23)31-25(36-27)18-11-13-20(14-12-18)28-24(33)17-9-7-16(8-10-17)21-15-19-5-3-4-6-22(19)35-26(21)34/h3-15H,2H2,1H3,(H,28,33). The quantitative estimate of drug-likeness (QED) is 0.321. The van der Waals surface area contributed by atoms with E-state index in [0.717, 1.165) is 33.2 Å². The Bertz CT molecular complexity index is 1780. The highest BCUT2D eigenvalue weighted by Gasteiger charge is 2.13. The fraction of sp³-hybridized carbons (Fsp3) is 0.0741. The highest BCUT2D eigenvalue weighted by Crippen LogP contribution is 2.27. The van der Waals surface area contributed by atoms with Crippen molar-refractivity contribution in [1.29, 1.82) is 0 Å². The third-order valence-corrected chi connectivity index (χ3v) is 6.81. The third kappa shape index (κ3) is 3.95. The van der Waals surface area contributed by atoms with E-state index >= 15 is 0 Å². The maximum Gasteiger partial charge on any atom is 0.344 e. The molecule has 0 saturated heterocycles. The van der Waals surface area contributed by atoms with Gasteiger partial charge in [-0.3, -0.25) is 4.79 Å². The van der Waals surface area contributed by atoms with Gasteiger partial charge in [0.25, 0.3) is 5.91 Å². The van der Waals surface area contributed by atoms with Crippen molar-refractivity contribution in [2.45, 2.75) is 13.3 Å². The number of hydrogen-bond acceptors (Lipinski definition) is 7. The average molecular weight is 494 g/mol. The van der Waals surface area contributed by atoms with E-state index in [4.69, 9.17) is 4.42 Å². The van der Waals surface area contributed by atoms with Gasteiger partial charge in [-0.25, -0.2) is 4.79 Å². The van der Waals surface area contributed by atoms with Crippen LogP contribution in [0.15, 0.2) is 88.1 Å². The van der Waals surface area contributed by atoms with Gasteiger partial charge in [0.2, 0.25) is 4.96 Å². The summed E-state index contributed by atoms with van der Waals surface area (Å²) in [5.41, 5.74) is 3.35. The Morgan fingerprint density at radius 2 is 1.72 bits per heavy atom. The van der Waals surface area contributed by atoms with Gasteiger partial charge in [-0.1, -0.05) is 48.6 Å². The Hall–Kier alpha value is -4.63. The summed E-state index contributed by atoms with van der Waals surface area (Å²) in [4.78, 5) is 26.0. The molecule has 0 fully saturated rings. The van der Waals surface area contributed by atoms with Crippen LogP contribution < -0.4 is 10.9 Å². The van der Waals surface area contributed by atoms with Crippen molar-refractivity contribution in [2.24, 2.45) is 0 Å². The summed E-state index contributed by atoms with van der Waals surface area (Å²) in [5, 5.41) is 17.5. The summed E-state index contributed by atoms with van der Waals surface area (Å²) < 4.78 is 7.19. The van der Waals surface area contributed by atoms with Gasteiger partial charge in [-0.15, -0.1) is 10.2 Å². The highest BCUT2D eigenvalue weighted by molar-refractivity contribution is 7.19. The average Bonchev–Trinajstić information content (AvgIpc) is 3.50. The van der Waals surface area contributed by atoms with E-state index in [1.807, 2.05) is 49.4 Å². The second-order valence-electron chi connectivity index (χ2n) is 8.17. The van der Waals surface area contributed by atoms with Crippen molar-refractivity contribution in [2.75, 3.05) is 5.32 Å². The van der Waals surface area contributed by atoms with Crippen molar-refractivity contribution in [1.82, 2.24) is 19.8 Å². The van der Waals surface area contributed by atoms with Crippen molar-refractivity contribution in [3.63, 3.8) is 0 Å². The molecule has 6 aromatic rings. The van der Waals surface area contributed by atoms with Gasteiger partial charge in [-0.2, -0.15) is 9.61 Å². The van der Waals surface area contributed by atoms with Gasteiger partial charge in [-0.05, 0) is 54.1 Å². The number of aromatic nitrogens is 4. The number of hydrogen-bond donors (Lipinski definition) is 1. The zero-order chi connectivity index (χ0) is 24.6. The summed E-state index contributed by atoms with van der Waals surface area (Å²) in [6, 6.07) is 23.5. The molecule has 0 bridgehead atoms. The summed E-state index contributed by atoms with van der Waals surface area (Å²) in [6.45, 7) is 2.01. The van der Waals surface area contributed by atoms with E-state index in [-0.39, 0.29) is 5.91 Å². The number of rotatable bonds is 5. The van der Waals surface area contributed by atoms with Gasteiger partial charge in [0.05, 0.1) is 5.56 Å². The van der Waals surface area contributed by atoms with Gasteiger partial charge < -0.3 is 9.73 Å². The minimum absolute atomic E-state index is 0.244. The van der Waals surface area contributed by atoms with Crippen molar-refractivity contribution >= 4 is 38.9 Å². The van der Waals surface area contributed by atoms with Crippen molar-refractivity contribution < 1.29 is 9.21 Å². The first kappa shape index (κ1) is 21.9. The molecule has 176 valence electrons. The number of fused-ring (bicyclic) bond motifs is 2. The number of nitrogens with zero attached hydrogens (tertiary/aromatic N) is 4. The molecule has 0 unspecified atom stereocenters. The van der Waals surface area contributed by atoms with Crippen LogP contribution in [0.1, 0.15) is 23.1 Å². The number of amides is 1. The Labute approximate surface area is 208 Å². The summed E-state index contributed by atoms with van der Waals surface area (Å²) in [6.07, 6.45) is 0.756. The van der Waals surface area contributed by atoms with Crippen LogP contribution in [-0.4, -0.2) is 25.7 Å². The van der Waals surface area contributed by atoms with Gasteiger partial charge in [0.15, 0.2) is 5.82 Å². The molecule has 0 radical (unpaired) electrons. The van der Waals surface area contributed by atoms with Crippen LogP contribution in [0.25, 0.3) is 37.6 Å². The van der Waals surface area contributed by atoms with E-state index in [1.54, 1.807) is 40.9 Å². The monoisotopic (exact) mass is 493 g/mol. The highest BCUT2D eigenvalue weighted by atomic mass is 32.1. The maximum atomic E-state index is 12.8. The number of para-hydroxylation sites is 1. The summed E-state index contributed by atoms with van der Waals surface area (Å²) in [7, 11) is 0. The molecule has 9 heteroatoms. The largest absolute Gasteiger partial charge is 0.422 e. The topological polar surface area (TPSA) is 102 Å². The lowest BCUT2D eigenvalue weighted by molar-refractivity contribution is 0.102. The molecule has 6 rings (SSSR count). The molecule has 0 aliphatic carbocycles. The second-order valence-corrected chi connectivity index (χ2v) is 9.12. The minimum atomic E-state index is -0.415. The Balaban J connectivity index is 1.18. The molecule has 0 atom stereocenters. The van der Waals surface area contributed by atoms with E-state index in [0.29, 0.717) is 28.0 Å². The van der Waals surface area contributed by atoms with Crippen LogP contribution in [0, 0.1) is 0 Å². The summed E-state index contributed by atoms with van der Waals surface area (Å²) >= 11 is 1.47. The van der Waals surface area contributed by atoms with Crippen LogP contribution in [0.5, 0.6) is 0 Å². The van der Waals surface area contributed by atoms with Crippen LogP contribution in [0.3, 0.4) is 0 Å². The lowest BCUT2D eigenvalue weighted by Gasteiger charge is -2.07. The van der Waals surface area contributed by atoms with E-state index in [2.05, 4.69) is 20.6 Å². The Morgan fingerprint density at radius 1 is 0.972 bits per heavy atom. The molecule has 0 aliphatic rings. The van der Waals surface area contributed by atoms with Crippen molar-refractivity contribution in [3.8, 4) is 21.7 Å². The molecule has 1 amide bonds. The van der Waals surface area contributed by atoms with Crippen molar-refractivity contribution in [3.05, 3.63) is 101 Å².